The van der Waals surface area contributed by atoms with Crippen LogP contribution in [0.4, 0.5) is 17.5 Å². The molecular formula is C98H118BrClN16O21S8. The molecular weight excluding hydrogens is 2110 g/mol. The van der Waals surface area contributed by atoms with Gasteiger partial charge in [-0.1, -0.05) is 123 Å². The van der Waals surface area contributed by atoms with Crippen molar-refractivity contribution in [1.82, 2.24) is 44.8 Å². The lowest BCUT2D eigenvalue weighted by atomic mass is 9.72. The Morgan fingerprint density at radius 2 is 0.952 bits per heavy atom. The maximum absolute atomic E-state index is 13.6. The topological polar surface area (TPSA) is 578 Å². The molecule has 5 aliphatic carbocycles. The van der Waals surface area contributed by atoms with E-state index in [1.54, 1.807) is 12.3 Å². The number of rotatable bonds is 36. The van der Waals surface area contributed by atoms with Crippen LogP contribution < -0.4 is 36.5 Å². The van der Waals surface area contributed by atoms with Crippen LogP contribution in [0.5, 0.6) is 0 Å². The Morgan fingerprint density at radius 3 is 1.46 bits per heavy atom. The zero-order chi connectivity index (χ0) is 101. The summed E-state index contributed by atoms with van der Waals surface area (Å²) in [5.41, 5.74) is 11.3. The van der Waals surface area contributed by atoms with E-state index in [1.807, 2.05) is 82.9 Å². The number of halogens is 2. The molecule has 47 heteroatoms. The van der Waals surface area contributed by atoms with Gasteiger partial charge in [-0.15, -0.1) is 45.3 Å². The van der Waals surface area contributed by atoms with E-state index in [0.29, 0.717) is 140 Å². The highest BCUT2D eigenvalue weighted by Crippen LogP contribution is 2.50. The number of anilines is 3. The van der Waals surface area contributed by atoms with Gasteiger partial charge in [0.15, 0.2) is 0 Å². The number of aliphatic hydroxyl groups excluding tert-OH is 4. The number of carbonyl (C=O) groups is 4. The summed E-state index contributed by atoms with van der Waals surface area (Å²) in [6, 6.07) is 30.8. The number of aliphatic hydroxyl groups is 4. The number of nitrogens with two attached hydrogens (primary N) is 4. The van der Waals surface area contributed by atoms with E-state index in [4.69, 9.17) is 36.9 Å². The summed E-state index contributed by atoms with van der Waals surface area (Å²) in [7, 11) is -16.3. The van der Waals surface area contributed by atoms with Crippen molar-refractivity contribution in [3.63, 3.8) is 0 Å². The van der Waals surface area contributed by atoms with Crippen LogP contribution in [0.1, 0.15) is 222 Å². The first-order chi connectivity index (χ1) is 68.3. The van der Waals surface area contributed by atoms with E-state index in [0.717, 1.165) is 102 Å². The minimum atomic E-state index is -4.09. The monoisotopic (exact) mass is 2220 g/mol. The minimum Gasteiger partial charge on any atom is -0.393 e. The lowest BCUT2D eigenvalue weighted by Crippen LogP contribution is -2.35. The second kappa shape index (κ2) is 50.7. The molecule has 3 aromatic carbocycles. The minimum absolute atomic E-state index is 0. The van der Waals surface area contributed by atoms with Crippen molar-refractivity contribution >= 4 is 160 Å². The molecule has 0 bridgehead atoms. The molecule has 0 amide bonds. The highest BCUT2D eigenvalue weighted by molar-refractivity contribution is 9.10. The Hall–Kier alpha value is -9.39. The largest absolute Gasteiger partial charge is 0.393 e. The summed E-state index contributed by atoms with van der Waals surface area (Å²) in [6.45, 7) is 6.83. The number of ketones is 4. The van der Waals surface area contributed by atoms with Crippen LogP contribution in [0.15, 0.2) is 180 Å². The molecule has 0 radical (unpaired) electrons. The van der Waals surface area contributed by atoms with Gasteiger partial charge in [0.05, 0.1) is 104 Å². The summed E-state index contributed by atoms with van der Waals surface area (Å²) >= 11 is 15.2. The lowest BCUT2D eigenvalue weighted by molar-refractivity contribution is -0.0611. The summed E-state index contributed by atoms with van der Waals surface area (Å²) in [5, 5.41) is 79.1. The fraction of sp³-hybridized carbons (Fsp3) is 0.429. The molecule has 7 aliphatic rings. The third-order valence-electron chi connectivity index (χ3n) is 26.6. The molecule has 1 saturated heterocycles. The summed E-state index contributed by atoms with van der Waals surface area (Å²) < 4.78 is 115. The van der Waals surface area contributed by atoms with Crippen molar-refractivity contribution in [2.75, 3.05) is 55.5 Å². The number of hydrogen-bond acceptors (Lipinski definition) is 37. The third kappa shape index (κ3) is 30.9. The number of thiophene rings is 4. The number of aromatic nitrogens is 8. The van der Waals surface area contributed by atoms with Crippen molar-refractivity contribution in [1.29, 1.82) is 0 Å². The fourth-order valence-electron chi connectivity index (χ4n) is 19.5. The normalized spacial score (nSPS) is 22.7. The highest BCUT2D eigenvalue weighted by Gasteiger charge is 2.46. The van der Waals surface area contributed by atoms with E-state index >= 15 is 0 Å². The summed E-state index contributed by atoms with van der Waals surface area (Å²) in [4.78, 5) is 91.6. The first kappa shape index (κ1) is 113. The van der Waals surface area contributed by atoms with Gasteiger partial charge in [0.25, 0.3) is 0 Å². The molecule has 8 aromatic heterocycles. The maximum atomic E-state index is 13.6. The van der Waals surface area contributed by atoms with Crippen LogP contribution in [-0.2, 0) is 101 Å². The molecule has 13 atom stereocenters. The number of nitrogens with one attached hydrogen (secondary N) is 3. The zero-order valence-electron chi connectivity index (χ0n) is 77.3. The first-order valence-electron chi connectivity index (χ1n) is 46.3. The molecule has 37 nitrogen and oxygen atoms in total. The van der Waals surface area contributed by atoms with Crippen LogP contribution in [0.3, 0.4) is 0 Å². The first-order valence-corrected chi connectivity index (χ1v) is 56.9. The van der Waals surface area contributed by atoms with Crippen molar-refractivity contribution in [3.8, 4) is 0 Å². The van der Waals surface area contributed by atoms with Gasteiger partial charge >= 0.3 is 41.2 Å². The van der Waals surface area contributed by atoms with Crippen molar-refractivity contribution in [2.24, 2.45) is 56.1 Å². The molecule has 18 rings (SSSR count). The van der Waals surface area contributed by atoms with Gasteiger partial charge in [0, 0.05) is 102 Å². The molecule has 1 unspecified atom stereocenters. The number of fused-ring (bicyclic) bond motifs is 1. The van der Waals surface area contributed by atoms with E-state index in [9.17, 15) is 73.3 Å². The Kier molecular flexibility index (Phi) is 39.5. The van der Waals surface area contributed by atoms with Crippen molar-refractivity contribution in [2.45, 2.75) is 192 Å². The van der Waals surface area contributed by atoms with Gasteiger partial charge in [0.2, 0.25) is 23.1 Å². The quantitative estimate of drug-likeness (QED) is 0.0162. The predicted octanol–water partition coefficient (Wildman–Crippen LogP) is 13.0. The van der Waals surface area contributed by atoms with Gasteiger partial charge in [-0.2, -0.15) is 33.7 Å². The van der Waals surface area contributed by atoms with Gasteiger partial charge in [-0.3, -0.25) is 40.8 Å². The van der Waals surface area contributed by atoms with Crippen molar-refractivity contribution in [3.05, 3.63) is 277 Å². The van der Waals surface area contributed by atoms with E-state index in [1.165, 1.54) is 120 Å². The van der Waals surface area contributed by atoms with E-state index in [-0.39, 0.29) is 100.0 Å². The van der Waals surface area contributed by atoms with Crippen LogP contribution >= 0.6 is 72.9 Å². The molecule has 10 heterocycles. The number of hydrogen-bond donors (Lipinski definition) is 11. The van der Waals surface area contributed by atoms with Gasteiger partial charge in [-0.05, 0) is 222 Å². The summed E-state index contributed by atoms with van der Waals surface area (Å²) in [5.74, 6) is -0.703. The molecule has 15 N–H and O–H groups in total. The Morgan fingerprint density at radius 1 is 0.503 bits per heavy atom. The van der Waals surface area contributed by atoms with Gasteiger partial charge in [0.1, 0.15) is 42.8 Å². The van der Waals surface area contributed by atoms with Crippen molar-refractivity contribution < 1.29 is 94.7 Å². The molecule has 2 aliphatic heterocycles. The average Bonchev–Trinajstić information content (AvgIpc) is 1.62. The van der Waals surface area contributed by atoms with Crippen LogP contribution in [0.2, 0.25) is 5.02 Å². The third-order valence-corrected chi connectivity index (χ3v) is 33.2. The second-order valence-electron chi connectivity index (χ2n) is 36.7. The van der Waals surface area contributed by atoms with E-state index in [2.05, 4.69) is 130 Å². The molecule has 11 aromatic rings. The maximum Gasteiger partial charge on any atom is 0.333 e. The smallest absolute Gasteiger partial charge is 0.333 e. The molecule has 145 heavy (non-hydrogen) atoms. The average molecular weight is 2230 g/mol. The molecule has 5 saturated carbocycles. The fourth-order valence-corrected chi connectivity index (χ4v) is 25.1. The molecule has 0 spiro atoms. The van der Waals surface area contributed by atoms with Gasteiger partial charge < -0.3 is 41.1 Å². The van der Waals surface area contributed by atoms with Gasteiger partial charge in [-0.25, -0.2) is 60.4 Å². The number of benzene rings is 3. The summed E-state index contributed by atoms with van der Waals surface area (Å²) in [6.07, 6.45) is 22.0. The SMILES string of the molecule is C.C.C=C(c1cccc(Br)c1)c1csc(C(=O)c2cncnc2N[C@@H]2C[C@H](COS(N)(=O)=O)[C@@H](O)C2)c1.NS(=O)(=O)OC[C@H]1C[C@@H](Cc2ncncc2C(=O)c2cc(CN3CCc4ccccc4C3)cs2)C[C@@H]1O.NS(=O)(=O)OC[C@H]1C[C@@H](Nc2ncncc2C(=O)c2cc(C3(C4CCCCC4)CCCO3)cs2)C[C@@H]1O.NS(=O)(=O)OC[C@H]1C[C@@H](Nc2ncncc2C(=O)c2cc(Cc3ccccc3Cl)cs2)C[C@@H]1O. The highest BCUT2D eigenvalue weighted by atomic mass is 79.9. The Bertz CT molecular complexity index is 6840. The Labute approximate surface area is 872 Å². The number of carbonyl (C=O) groups excluding carboxylic acids is 4. The van der Waals surface area contributed by atoms with Crippen LogP contribution in [0.25, 0.3) is 5.57 Å². The van der Waals surface area contributed by atoms with Crippen LogP contribution in [-0.4, -0.2) is 204 Å². The molecule has 6 fully saturated rings. The lowest BCUT2D eigenvalue weighted by Gasteiger charge is -2.39. The van der Waals surface area contributed by atoms with Crippen LogP contribution in [0, 0.1) is 35.5 Å². The number of nitrogens with zero attached hydrogens (tertiary/aromatic N) is 9. The van der Waals surface area contributed by atoms with E-state index < -0.39 is 83.4 Å². The Balaban J connectivity index is 0.000000161. The standard InChI is InChI=1S/C26H30N4O5S2.C25H34N4O6S2.C23H23BrN4O5S2.C22H23ClN4O5S2.2CH4/c27-37(33,34)35-14-21-7-17(9-24(21)31)8-23-22(11-28-16-29-23)26(32)25-10-18(15-36-25)12-30-6-5-19-3-1-2-4-20(19)13-30;26-37(32,33)35-13-16-9-19(11-21(16)30)29-24-20(12-27-15-28-24)23(31)22-10-18(14-36-22)25(7-4-8-34-25)17-5-2-1-3-6-17;1-13(14-3-2-4-17(24)5-14)16-7-21(34-11-16)22(30)19-9-26-12-27-23(19)28-18-6-15(20(29)8-18)10-33-35(25,31)32;23-18-4-2-1-3-14(18)5-13-6-20(33-11-13)21(29)17-9-25-12-26-22(17)27-16-7-15(19(28)8-16)10-32-34(24,30)31;;/h1-4,10-11,15-17,21,24,31H,5-9,12-14H2,(H2,27,33,34);10,12,14-17,19,21,30H,1-9,11,13H2,(H2,26,32,33)(H,27,28,29);2-5,7,9,11-12,15,18,20,29H,1,6,8,10H2,(H2,25,31,32)(H,26,27,28);1-4,6,9,11-12,15-16,19,28H,5,7-8,10H2,(H2,24,30,31)(H,25,26,27);2*1H4/t17-,21+,24-;16-,19-,21+,25?;15-,18-,20+;15-,16-,19+;;/m0111../s1. The predicted molar refractivity (Wildman–Crippen MR) is 557 cm³/mol. The zero-order valence-corrected chi connectivity index (χ0v) is 86.2. The second-order valence-corrected chi connectivity index (χ2v) is 46.5. The number of ether oxygens (including phenoxy) is 1. The molecule has 778 valence electrons.